The van der Waals surface area contributed by atoms with Crippen molar-refractivity contribution >= 4 is 23.1 Å². The molecule has 1 atom stereocenters. The van der Waals surface area contributed by atoms with Crippen LogP contribution in [0.2, 0.25) is 0 Å². The van der Waals surface area contributed by atoms with Crippen molar-refractivity contribution in [1.82, 2.24) is 10.2 Å². The molecule has 19 heavy (non-hydrogen) atoms. The van der Waals surface area contributed by atoms with Gasteiger partial charge in [-0.25, -0.2) is 4.79 Å². The van der Waals surface area contributed by atoms with Gasteiger partial charge in [0, 0.05) is 9.75 Å². The van der Waals surface area contributed by atoms with Gasteiger partial charge in [-0.05, 0) is 38.5 Å². The number of nitrogens with zero attached hydrogens (tertiary/aromatic N) is 2. The molecule has 2 heterocycles. The van der Waals surface area contributed by atoms with Gasteiger partial charge in [-0.3, -0.25) is 0 Å². The molecule has 0 aliphatic carbocycles. The molecular formula is C13H15N3O2S. The highest BCUT2D eigenvalue weighted by molar-refractivity contribution is 7.12. The largest absolute Gasteiger partial charge is 0.478 e. The molecule has 2 aromatic rings. The minimum atomic E-state index is -1.01. The Balaban J connectivity index is 2.26. The van der Waals surface area contributed by atoms with Gasteiger partial charge in [0.15, 0.2) is 5.82 Å². The summed E-state index contributed by atoms with van der Waals surface area (Å²) in [5.41, 5.74) is 1.29. The average Bonchev–Trinajstić information content (AvgIpc) is 2.69. The zero-order valence-electron chi connectivity index (χ0n) is 11.0. The van der Waals surface area contributed by atoms with Gasteiger partial charge in [0.25, 0.3) is 0 Å². The van der Waals surface area contributed by atoms with E-state index in [1.165, 1.54) is 22.0 Å². The smallest absolute Gasteiger partial charge is 0.339 e. The first-order chi connectivity index (χ1) is 8.99. The molecule has 2 N–H and O–H groups in total. The molecule has 5 nitrogen and oxygen atoms in total. The number of aromatic nitrogens is 2. The summed E-state index contributed by atoms with van der Waals surface area (Å²) < 4.78 is 0. The molecule has 0 spiro atoms. The lowest BCUT2D eigenvalue weighted by Crippen LogP contribution is -2.13. The Morgan fingerprint density at radius 1 is 1.47 bits per heavy atom. The summed E-state index contributed by atoms with van der Waals surface area (Å²) in [6.07, 6.45) is 1.37. The molecule has 0 aliphatic heterocycles. The minimum Gasteiger partial charge on any atom is -0.478 e. The summed E-state index contributed by atoms with van der Waals surface area (Å²) >= 11 is 1.73. The van der Waals surface area contributed by atoms with Crippen LogP contribution >= 0.6 is 11.3 Å². The summed E-state index contributed by atoms with van der Waals surface area (Å²) in [6, 6.07) is 3.53. The Labute approximate surface area is 115 Å². The zero-order chi connectivity index (χ0) is 14.0. The van der Waals surface area contributed by atoms with Crippen LogP contribution in [0.15, 0.2) is 18.3 Å². The van der Waals surface area contributed by atoms with Crippen molar-refractivity contribution in [2.24, 2.45) is 0 Å². The lowest BCUT2D eigenvalue weighted by molar-refractivity contribution is 0.0697. The molecule has 0 amide bonds. The second-order valence-corrected chi connectivity index (χ2v) is 5.79. The number of carboxylic acid groups (broad SMARTS) is 1. The van der Waals surface area contributed by atoms with E-state index >= 15 is 0 Å². The quantitative estimate of drug-likeness (QED) is 0.898. The van der Waals surface area contributed by atoms with Crippen LogP contribution in [0.25, 0.3) is 0 Å². The number of carboxylic acids is 1. The van der Waals surface area contributed by atoms with Crippen LogP contribution in [0.4, 0.5) is 5.82 Å². The van der Waals surface area contributed by atoms with Gasteiger partial charge in [-0.15, -0.1) is 16.4 Å². The highest BCUT2D eigenvalue weighted by Crippen LogP contribution is 2.28. The summed E-state index contributed by atoms with van der Waals surface area (Å²) in [5.74, 6) is -0.714. The van der Waals surface area contributed by atoms with E-state index in [4.69, 9.17) is 5.11 Å². The van der Waals surface area contributed by atoms with Crippen LogP contribution in [-0.4, -0.2) is 21.3 Å². The van der Waals surface area contributed by atoms with Crippen molar-refractivity contribution in [3.8, 4) is 0 Å². The lowest BCUT2D eigenvalue weighted by atomic mass is 10.1. The first-order valence-electron chi connectivity index (χ1n) is 5.87. The van der Waals surface area contributed by atoms with E-state index in [2.05, 4.69) is 35.4 Å². The number of hydrogen-bond acceptors (Lipinski definition) is 5. The molecule has 0 saturated heterocycles. The van der Waals surface area contributed by atoms with E-state index in [-0.39, 0.29) is 11.6 Å². The first kappa shape index (κ1) is 13.5. The van der Waals surface area contributed by atoms with Crippen LogP contribution < -0.4 is 5.32 Å². The van der Waals surface area contributed by atoms with Crippen LogP contribution in [0.5, 0.6) is 0 Å². The molecule has 1 unspecified atom stereocenters. The number of nitrogens with one attached hydrogen (secondary N) is 1. The normalized spacial score (nSPS) is 12.2. The molecular weight excluding hydrogens is 262 g/mol. The van der Waals surface area contributed by atoms with E-state index in [0.717, 1.165) is 5.56 Å². The Kier molecular flexibility index (Phi) is 3.80. The highest BCUT2D eigenvalue weighted by atomic mass is 32.1. The molecule has 0 aliphatic rings. The van der Waals surface area contributed by atoms with Crippen LogP contribution in [-0.2, 0) is 0 Å². The number of hydrogen-bond donors (Lipinski definition) is 2. The molecule has 0 aromatic carbocycles. The van der Waals surface area contributed by atoms with Crippen molar-refractivity contribution in [3.05, 3.63) is 39.2 Å². The SMILES string of the molecule is Cc1cc(C(C)Nc2nnccc2C(=O)O)c(C)s1. The van der Waals surface area contributed by atoms with Gasteiger partial charge >= 0.3 is 5.97 Å². The maximum atomic E-state index is 11.1. The van der Waals surface area contributed by atoms with Gasteiger partial charge in [0.2, 0.25) is 0 Å². The number of thiophene rings is 1. The molecule has 2 aromatic heterocycles. The summed E-state index contributed by atoms with van der Waals surface area (Å²) in [7, 11) is 0. The molecule has 0 saturated carbocycles. The predicted molar refractivity (Wildman–Crippen MR) is 74.8 cm³/mol. The average molecular weight is 277 g/mol. The topological polar surface area (TPSA) is 75.1 Å². The van der Waals surface area contributed by atoms with Gasteiger partial charge in [-0.1, -0.05) is 0 Å². The van der Waals surface area contributed by atoms with Crippen molar-refractivity contribution in [2.75, 3.05) is 5.32 Å². The molecule has 0 fully saturated rings. The predicted octanol–water partition coefficient (Wildman–Crippen LogP) is 3.03. The number of carbonyl (C=O) groups is 1. The summed E-state index contributed by atoms with van der Waals surface area (Å²) in [5, 5.41) is 19.8. The van der Waals surface area contributed by atoms with Crippen molar-refractivity contribution in [1.29, 1.82) is 0 Å². The molecule has 0 radical (unpaired) electrons. The minimum absolute atomic E-state index is 0.0141. The fraction of sp³-hybridized carbons (Fsp3) is 0.308. The lowest BCUT2D eigenvalue weighted by Gasteiger charge is -2.15. The summed E-state index contributed by atoms with van der Waals surface area (Å²) in [6.45, 7) is 6.09. The zero-order valence-corrected chi connectivity index (χ0v) is 11.8. The number of aromatic carboxylic acids is 1. The van der Waals surface area contributed by atoms with Crippen molar-refractivity contribution in [3.63, 3.8) is 0 Å². The Hall–Kier alpha value is -1.95. The summed E-state index contributed by atoms with van der Waals surface area (Å²) in [4.78, 5) is 13.6. The molecule has 6 heteroatoms. The fourth-order valence-corrected chi connectivity index (χ4v) is 3.00. The third-order valence-electron chi connectivity index (χ3n) is 2.85. The number of aryl methyl sites for hydroxylation is 2. The number of rotatable bonds is 4. The van der Waals surface area contributed by atoms with Gasteiger partial charge in [0.1, 0.15) is 5.56 Å². The molecule has 2 rings (SSSR count). The van der Waals surface area contributed by atoms with Gasteiger partial charge in [0.05, 0.1) is 12.2 Å². The Bertz CT molecular complexity index is 610. The monoisotopic (exact) mass is 277 g/mol. The molecule has 0 bridgehead atoms. The van der Waals surface area contributed by atoms with Crippen LogP contribution in [0.1, 0.15) is 38.6 Å². The van der Waals surface area contributed by atoms with E-state index in [0.29, 0.717) is 5.82 Å². The van der Waals surface area contributed by atoms with E-state index < -0.39 is 5.97 Å². The standard InChI is InChI=1S/C13H15N3O2S/c1-7-6-11(9(3)19-7)8(2)15-12-10(13(17)18)4-5-14-16-12/h4-6,8H,1-3H3,(H,15,16)(H,17,18). The second kappa shape index (κ2) is 5.36. The van der Waals surface area contributed by atoms with E-state index in [1.807, 2.05) is 6.92 Å². The Morgan fingerprint density at radius 2 is 2.21 bits per heavy atom. The van der Waals surface area contributed by atoms with Crippen LogP contribution in [0.3, 0.4) is 0 Å². The van der Waals surface area contributed by atoms with Crippen molar-refractivity contribution < 1.29 is 9.90 Å². The molecule has 100 valence electrons. The Morgan fingerprint density at radius 3 is 2.79 bits per heavy atom. The van der Waals surface area contributed by atoms with Crippen molar-refractivity contribution in [2.45, 2.75) is 26.8 Å². The van der Waals surface area contributed by atoms with Gasteiger partial charge in [-0.2, -0.15) is 5.10 Å². The van der Waals surface area contributed by atoms with E-state index in [9.17, 15) is 4.79 Å². The maximum absolute atomic E-state index is 11.1. The number of anilines is 1. The maximum Gasteiger partial charge on any atom is 0.339 e. The highest BCUT2D eigenvalue weighted by Gasteiger charge is 2.16. The van der Waals surface area contributed by atoms with Gasteiger partial charge < -0.3 is 10.4 Å². The van der Waals surface area contributed by atoms with E-state index in [1.54, 1.807) is 11.3 Å². The fourth-order valence-electron chi connectivity index (χ4n) is 1.97. The second-order valence-electron chi connectivity index (χ2n) is 4.33. The third kappa shape index (κ3) is 2.90. The van der Waals surface area contributed by atoms with Crippen LogP contribution in [0, 0.1) is 13.8 Å². The first-order valence-corrected chi connectivity index (χ1v) is 6.69. The third-order valence-corrected chi connectivity index (χ3v) is 3.83.